The number of carboxylic acid groups (broad SMARTS) is 2. The van der Waals surface area contributed by atoms with Crippen molar-refractivity contribution in [2.75, 3.05) is 18.6 Å². The highest BCUT2D eigenvalue weighted by molar-refractivity contribution is 7.98. The summed E-state index contributed by atoms with van der Waals surface area (Å²) in [5, 5.41) is 33.9. The van der Waals surface area contributed by atoms with E-state index in [1.807, 2.05) is 0 Å². The molecule has 0 rings (SSSR count). The van der Waals surface area contributed by atoms with Crippen LogP contribution in [0.25, 0.3) is 0 Å². The molecule has 8 N–H and O–H groups in total. The van der Waals surface area contributed by atoms with Gasteiger partial charge in [-0.25, -0.2) is 4.79 Å². The Kier molecular flexibility index (Phi) is 13.5. The Bertz CT molecular complexity index is 646. The molecular formula is C18H32N4O8S. The third kappa shape index (κ3) is 11.0. The van der Waals surface area contributed by atoms with Gasteiger partial charge in [-0.15, -0.1) is 0 Å². The van der Waals surface area contributed by atoms with E-state index >= 15 is 0 Å². The van der Waals surface area contributed by atoms with E-state index in [1.54, 1.807) is 20.1 Å². The summed E-state index contributed by atoms with van der Waals surface area (Å²) in [7, 11) is 0. The van der Waals surface area contributed by atoms with Gasteiger partial charge >= 0.3 is 11.9 Å². The monoisotopic (exact) mass is 464 g/mol. The number of aliphatic hydroxyl groups excluding tert-OH is 1. The first kappa shape index (κ1) is 28.6. The van der Waals surface area contributed by atoms with E-state index in [1.165, 1.54) is 11.8 Å². The topological polar surface area (TPSA) is 208 Å². The fourth-order valence-corrected chi connectivity index (χ4v) is 2.90. The summed E-state index contributed by atoms with van der Waals surface area (Å²) >= 11 is 1.41. The van der Waals surface area contributed by atoms with Gasteiger partial charge in [0.2, 0.25) is 17.7 Å². The van der Waals surface area contributed by atoms with Crippen molar-refractivity contribution in [2.24, 2.45) is 11.7 Å². The van der Waals surface area contributed by atoms with Crippen LogP contribution in [-0.2, 0) is 24.0 Å². The normalized spacial score (nSPS) is 14.8. The Morgan fingerprint density at radius 2 is 1.48 bits per heavy atom. The third-order valence-corrected chi connectivity index (χ3v) is 4.94. The molecule has 0 aliphatic heterocycles. The molecule has 178 valence electrons. The predicted molar refractivity (Wildman–Crippen MR) is 113 cm³/mol. The molecule has 0 aliphatic rings. The molecule has 31 heavy (non-hydrogen) atoms. The van der Waals surface area contributed by atoms with Crippen molar-refractivity contribution < 1.29 is 39.3 Å². The molecule has 0 bridgehead atoms. The van der Waals surface area contributed by atoms with Crippen LogP contribution in [0.2, 0.25) is 0 Å². The second-order valence-corrected chi connectivity index (χ2v) is 8.18. The van der Waals surface area contributed by atoms with Crippen molar-refractivity contribution in [1.82, 2.24) is 16.0 Å². The molecule has 0 spiro atoms. The van der Waals surface area contributed by atoms with Crippen LogP contribution >= 0.6 is 11.8 Å². The summed E-state index contributed by atoms with van der Waals surface area (Å²) < 4.78 is 0. The van der Waals surface area contributed by atoms with Crippen molar-refractivity contribution >= 4 is 41.4 Å². The Morgan fingerprint density at radius 1 is 0.903 bits per heavy atom. The van der Waals surface area contributed by atoms with Crippen molar-refractivity contribution in [2.45, 2.75) is 57.3 Å². The minimum atomic E-state index is -1.52. The second-order valence-electron chi connectivity index (χ2n) is 7.19. The van der Waals surface area contributed by atoms with Crippen LogP contribution in [0, 0.1) is 5.92 Å². The first-order chi connectivity index (χ1) is 14.4. The molecule has 13 heteroatoms. The number of hydrogen-bond acceptors (Lipinski definition) is 8. The zero-order valence-corrected chi connectivity index (χ0v) is 18.6. The molecule has 3 amide bonds. The van der Waals surface area contributed by atoms with Gasteiger partial charge in [-0.3, -0.25) is 19.2 Å². The molecule has 4 atom stereocenters. The number of thioether (sulfide) groups is 1. The van der Waals surface area contributed by atoms with Crippen LogP contribution < -0.4 is 21.7 Å². The maximum atomic E-state index is 12.8. The molecular weight excluding hydrogens is 432 g/mol. The molecule has 0 saturated carbocycles. The average molecular weight is 465 g/mol. The molecule has 0 saturated heterocycles. The summed E-state index contributed by atoms with van der Waals surface area (Å²) in [5.74, 6) is -4.59. The summed E-state index contributed by atoms with van der Waals surface area (Å²) in [6, 6.07) is -4.79. The lowest BCUT2D eigenvalue weighted by atomic mass is 10.0. The molecule has 0 fully saturated rings. The van der Waals surface area contributed by atoms with Crippen molar-refractivity contribution in [3.8, 4) is 0 Å². The van der Waals surface area contributed by atoms with Crippen LogP contribution in [0.4, 0.5) is 0 Å². The lowest BCUT2D eigenvalue weighted by Gasteiger charge is -2.26. The average Bonchev–Trinajstić information content (AvgIpc) is 2.69. The Hall–Kier alpha value is -2.38. The number of aliphatic carboxylic acids is 2. The van der Waals surface area contributed by atoms with E-state index in [-0.39, 0.29) is 25.2 Å². The summed E-state index contributed by atoms with van der Waals surface area (Å²) in [5.41, 5.74) is 5.67. The van der Waals surface area contributed by atoms with Gasteiger partial charge in [0.1, 0.15) is 18.1 Å². The smallest absolute Gasteiger partial charge is 0.328 e. The summed E-state index contributed by atoms with van der Waals surface area (Å²) in [4.78, 5) is 59.1. The van der Waals surface area contributed by atoms with Gasteiger partial charge in [0.15, 0.2) is 0 Å². The number of carboxylic acids is 2. The Balaban J connectivity index is 5.25. The SMILES string of the molecule is CSCCC(NC(=O)C(NC(=O)C(N)CCC(=O)O)C(C)C)C(=O)NC(CO)C(=O)O. The molecule has 4 unspecified atom stereocenters. The highest BCUT2D eigenvalue weighted by atomic mass is 32.2. The van der Waals surface area contributed by atoms with Crippen LogP contribution in [0.15, 0.2) is 0 Å². The maximum Gasteiger partial charge on any atom is 0.328 e. The first-order valence-corrected chi connectivity index (χ1v) is 11.0. The van der Waals surface area contributed by atoms with Gasteiger partial charge in [0.05, 0.1) is 12.6 Å². The molecule has 0 aliphatic carbocycles. The number of aliphatic hydroxyl groups is 1. The van der Waals surface area contributed by atoms with E-state index in [4.69, 9.17) is 21.1 Å². The largest absolute Gasteiger partial charge is 0.481 e. The molecule has 0 heterocycles. The van der Waals surface area contributed by atoms with Gasteiger partial charge in [-0.05, 0) is 30.8 Å². The van der Waals surface area contributed by atoms with E-state index in [0.29, 0.717) is 5.75 Å². The standard InChI is InChI=1S/C18H32N4O8S/c1-9(2)14(22-15(26)10(19)4-5-13(24)25)17(28)20-11(6-7-31-3)16(27)21-12(8-23)18(29)30/h9-12,14,23H,4-8,19H2,1-3H3,(H,20,28)(H,21,27)(H,22,26)(H,24,25)(H,29,30). The predicted octanol–water partition coefficient (Wildman–Crippen LogP) is -1.88. The first-order valence-electron chi connectivity index (χ1n) is 9.65. The number of rotatable bonds is 15. The third-order valence-electron chi connectivity index (χ3n) is 4.29. The van der Waals surface area contributed by atoms with E-state index < -0.39 is 60.4 Å². The highest BCUT2D eigenvalue weighted by Gasteiger charge is 2.31. The van der Waals surface area contributed by atoms with Crippen LogP contribution in [-0.4, -0.2) is 87.8 Å². The molecule has 0 aromatic heterocycles. The lowest BCUT2D eigenvalue weighted by molar-refractivity contribution is -0.143. The van der Waals surface area contributed by atoms with Crippen molar-refractivity contribution in [1.29, 1.82) is 0 Å². The van der Waals surface area contributed by atoms with E-state index in [2.05, 4.69) is 16.0 Å². The summed E-state index contributed by atoms with van der Waals surface area (Å²) in [6.45, 7) is 2.51. The maximum absolute atomic E-state index is 12.8. The molecule has 12 nitrogen and oxygen atoms in total. The minimum absolute atomic E-state index is 0.107. The van der Waals surface area contributed by atoms with E-state index in [0.717, 1.165) is 0 Å². The van der Waals surface area contributed by atoms with E-state index in [9.17, 15) is 24.0 Å². The van der Waals surface area contributed by atoms with Crippen LogP contribution in [0.3, 0.4) is 0 Å². The van der Waals surface area contributed by atoms with Crippen LogP contribution in [0.1, 0.15) is 33.1 Å². The lowest BCUT2D eigenvalue weighted by Crippen LogP contribution is -2.58. The number of nitrogens with one attached hydrogen (secondary N) is 3. The van der Waals surface area contributed by atoms with Gasteiger partial charge < -0.3 is 37.0 Å². The Labute approximate surface area is 184 Å². The fourth-order valence-electron chi connectivity index (χ4n) is 2.43. The van der Waals surface area contributed by atoms with Gasteiger partial charge in [-0.2, -0.15) is 11.8 Å². The fraction of sp³-hybridized carbons (Fsp3) is 0.722. The highest BCUT2D eigenvalue weighted by Crippen LogP contribution is 2.07. The second kappa shape index (κ2) is 14.6. The van der Waals surface area contributed by atoms with Crippen molar-refractivity contribution in [3.05, 3.63) is 0 Å². The van der Waals surface area contributed by atoms with Gasteiger partial charge in [0.25, 0.3) is 0 Å². The Morgan fingerprint density at radius 3 is 1.94 bits per heavy atom. The van der Waals surface area contributed by atoms with Crippen LogP contribution in [0.5, 0.6) is 0 Å². The number of amides is 3. The molecule has 0 aromatic carbocycles. The van der Waals surface area contributed by atoms with Crippen molar-refractivity contribution in [3.63, 3.8) is 0 Å². The molecule has 0 radical (unpaired) electrons. The van der Waals surface area contributed by atoms with Gasteiger partial charge in [-0.1, -0.05) is 13.8 Å². The molecule has 0 aromatic rings. The number of carbonyl (C=O) groups is 5. The zero-order chi connectivity index (χ0) is 24.1. The minimum Gasteiger partial charge on any atom is -0.481 e. The zero-order valence-electron chi connectivity index (χ0n) is 17.8. The quantitative estimate of drug-likeness (QED) is 0.143. The number of carbonyl (C=O) groups excluding carboxylic acids is 3. The number of hydrogen-bond donors (Lipinski definition) is 7. The number of nitrogens with two attached hydrogens (primary N) is 1. The van der Waals surface area contributed by atoms with Gasteiger partial charge in [0, 0.05) is 6.42 Å². The summed E-state index contributed by atoms with van der Waals surface area (Å²) in [6.07, 6.45) is 1.57.